The molecule has 4 nitrogen and oxygen atoms in total. The minimum Gasteiger partial charge on any atom is -0.355 e. The molecule has 1 unspecified atom stereocenters. The minimum absolute atomic E-state index is 0.294. The Bertz CT molecular complexity index is 495. The zero-order valence-electron chi connectivity index (χ0n) is 13.1. The minimum atomic E-state index is 0.294. The van der Waals surface area contributed by atoms with Crippen LogP contribution in [0.1, 0.15) is 37.7 Å². The number of rotatable bonds is 3. The third-order valence-corrected chi connectivity index (χ3v) is 4.97. The number of hydrogen-bond acceptors (Lipinski definition) is 3. The van der Waals surface area contributed by atoms with E-state index >= 15 is 0 Å². The molecule has 114 valence electrons. The maximum atomic E-state index is 12.4. The quantitative estimate of drug-likeness (QED) is 0.857. The number of nitrogens with zero attached hydrogens (tertiary/aromatic N) is 3. The molecular formula is C17H25N3O. The molecule has 1 aromatic heterocycles. The highest BCUT2D eigenvalue weighted by atomic mass is 16.2. The van der Waals surface area contributed by atoms with E-state index in [4.69, 9.17) is 0 Å². The van der Waals surface area contributed by atoms with Crippen molar-refractivity contribution in [2.45, 2.75) is 45.1 Å². The number of carbonyl (C=O) groups excluding carboxylic acids is 1. The molecule has 1 amide bonds. The van der Waals surface area contributed by atoms with E-state index in [0.29, 0.717) is 17.9 Å². The molecule has 0 radical (unpaired) electrons. The average molecular weight is 287 g/mol. The molecule has 1 aromatic rings. The van der Waals surface area contributed by atoms with Crippen LogP contribution in [-0.4, -0.2) is 42.0 Å². The van der Waals surface area contributed by atoms with Crippen molar-refractivity contribution in [2.24, 2.45) is 5.92 Å². The van der Waals surface area contributed by atoms with Crippen LogP contribution in [0.5, 0.6) is 0 Å². The monoisotopic (exact) mass is 287 g/mol. The van der Waals surface area contributed by atoms with Gasteiger partial charge in [0.1, 0.15) is 5.82 Å². The second-order valence-corrected chi connectivity index (χ2v) is 6.51. The number of amides is 1. The number of pyridine rings is 1. The molecule has 3 rings (SSSR count). The Labute approximate surface area is 127 Å². The van der Waals surface area contributed by atoms with Crippen molar-refractivity contribution in [3.05, 3.63) is 23.9 Å². The van der Waals surface area contributed by atoms with E-state index in [1.54, 1.807) is 0 Å². The molecule has 2 fully saturated rings. The number of piperidine rings is 1. The van der Waals surface area contributed by atoms with Crippen molar-refractivity contribution in [3.63, 3.8) is 0 Å². The summed E-state index contributed by atoms with van der Waals surface area (Å²) in [5, 5.41) is 0. The summed E-state index contributed by atoms with van der Waals surface area (Å²) in [4.78, 5) is 21.3. The van der Waals surface area contributed by atoms with Gasteiger partial charge in [-0.2, -0.15) is 0 Å². The van der Waals surface area contributed by atoms with E-state index in [2.05, 4.69) is 28.9 Å². The lowest BCUT2D eigenvalue weighted by Crippen LogP contribution is -2.51. The van der Waals surface area contributed by atoms with Crippen LogP contribution in [0.4, 0.5) is 5.82 Å². The number of anilines is 1. The fourth-order valence-electron chi connectivity index (χ4n) is 3.25. The normalized spacial score (nSPS) is 22.8. The Balaban J connectivity index is 1.64. The first kappa shape index (κ1) is 14.4. The molecule has 2 aliphatic rings. The fourth-order valence-corrected chi connectivity index (χ4v) is 3.25. The van der Waals surface area contributed by atoms with Crippen LogP contribution < -0.4 is 4.90 Å². The number of aromatic nitrogens is 1. The molecule has 0 N–H and O–H groups in total. The summed E-state index contributed by atoms with van der Waals surface area (Å²) in [5.74, 6) is 1.68. The summed E-state index contributed by atoms with van der Waals surface area (Å²) in [6.45, 7) is 4.00. The summed E-state index contributed by atoms with van der Waals surface area (Å²) < 4.78 is 0. The SMILES string of the molecule is Cc1ccc(N2CCCC(N(C)C(=O)C3CCC3)C2)nc1. The molecule has 1 aliphatic carbocycles. The molecule has 0 spiro atoms. The summed E-state index contributed by atoms with van der Waals surface area (Å²) in [6, 6.07) is 4.52. The Kier molecular flexibility index (Phi) is 4.13. The Morgan fingerprint density at radius 1 is 1.29 bits per heavy atom. The van der Waals surface area contributed by atoms with Gasteiger partial charge < -0.3 is 9.80 Å². The van der Waals surface area contributed by atoms with E-state index in [-0.39, 0.29) is 0 Å². The molecular weight excluding hydrogens is 262 g/mol. The van der Waals surface area contributed by atoms with Gasteiger partial charge in [-0.3, -0.25) is 4.79 Å². The molecule has 2 heterocycles. The first-order valence-corrected chi connectivity index (χ1v) is 8.09. The van der Waals surface area contributed by atoms with Gasteiger partial charge in [-0.15, -0.1) is 0 Å². The van der Waals surface area contributed by atoms with E-state index in [9.17, 15) is 4.79 Å². The zero-order valence-corrected chi connectivity index (χ0v) is 13.1. The van der Waals surface area contributed by atoms with Crippen LogP contribution in [0.2, 0.25) is 0 Å². The van der Waals surface area contributed by atoms with Crippen molar-refractivity contribution in [3.8, 4) is 0 Å². The summed E-state index contributed by atoms with van der Waals surface area (Å²) >= 11 is 0. The maximum Gasteiger partial charge on any atom is 0.225 e. The van der Waals surface area contributed by atoms with Crippen molar-refractivity contribution >= 4 is 11.7 Å². The highest BCUT2D eigenvalue weighted by Gasteiger charge is 2.33. The van der Waals surface area contributed by atoms with E-state index in [1.807, 2.05) is 18.1 Å². The lowest BCUT2D eigenvalue weighted by atomic mass is 9.84. The molecule has 0 aromatic carbocycles. The molecule has 21 heavy (non-hydrogen) atoms. The third kappa shape index (κ3) is 3.04. The standard InChI is InChI=1S/C17H25N3O/c1-13-8-9-16(18-11-13)20-10-4-7-15(12-20)19(2)17(21)14-5-3-6-14/h8-9,11,14-15H,3-7,10,12H2,1-2H3. The summed E-state index contributed by atoms with van der Waals surface area (Å²) in [6.07, 6.45) is 7.54. The first-order valence-electron chi connectivity index (χ1n) is 8.09. The number of likely N-dealkylation sites (N-methyl/N-ethyl adjacent to an activating group) is 1. The number of hydrogen-bond donors (Lipinski definition) is 0. The van der Waals surface area contributed by atoms with Gasteiger partial charge in [0.05, 0.1) is 0 Å². The van der Waals surface area contributed by atoms with Gasteiger partial charge in [0, 0.05) is 38.3 Å². The summed E-state index contributed by atoms with van der Waals surface area (Å²) in [7, 11) is 1.98. The summed E-state index contributed by atoms with van der Waals surface area (Å²) in [5.41, 5.74) is 1.18. The van der Waals surface area contributed by atoms with E-state index < -0.39 is 0 Å². The highest BCUT2D eigenvalue weighted by Crippen LogP contribution is 2.30. The van der Waals surface area contributed by atoms with Crippen molar-refractivity contribution in [2.75, 3.05) is 25.0 Å². The topological polar surface area (TPSA) is 36.4 Å². The Morgan fingerprint density at radius 2 is 2.10 bits per heavy atom. The smallest absolute Gasteiger partial charge is 0.225 e. The largest absolute Gasteiger partial charge is 0.355 e. The molecule has 1 saturated heterocycles. The second kappa shape index (κ2) is 6.04. The number of aryl methyl sites for hydroxylation is 1. The van der Waals surface area contributed by atoms with Crippen molar-refractivity contribution in [1.82, 2.24) is 9.88 Å². The molecule has 0 bridgehead atoms. The Hall–Kier alpha value is -1.58. The van der Waals surface area contributed by atoms with Crippen LogP contribution in [0.15, 0.2) is 18.3 Å². The maximum absolute atomic E-state index is 12.4. The molecule has 1 saturated carbocycles. The van der Waals surface area contributed by atoms with Crippen LogP contribution >= 0.6 is 0 Å². The zero-order chi connectivity index (χ0) is 14.8. The molecule has 4 heteroatoms. The van der Waals surface area contributed by atoms with Crippen molar-refractivity contribution in [1.29, 1.82) is 0 Å². The van der Waals surface area contributed by atoms with Crippen LogP contribution in [0.25, 0.3) is 0 Å². The average Bonchev–Trinajstić information content (AvgIpc) is 2.45. The van der Waals surface area contributed by atoms with E-state index in [0.717, 1.165) is 44.6 Å². The van der Waals surface area contributed by atoms with Gasteiger partial charge >= 0.3 is 0 Å². The van der Waals surface area contributed by atoms with Gasteiger partial charge in [0.15, 0.2) is 0 Å². The van der Waals surface area contributed by atoms with E-state index in [1.165, 1.54) is 12.0 Å². The molecule has 1 aliphatic heterocycles. The van der Waals surface area contributed by atoms with Crippen LogP contribution in [0, 0.1) is 12.8 Å². The number of carbonyl (C=O) groups is 1. The highest BCUT2D eigenvalue weighted by molar-refractivity contribution is 5.79. The molecule has 1 atom stereocenters. The lowest BCUT2D eigenvalue weighted by molar-refractivity contribution is -0.139. The second-order valence-electron chi connectivity index (χ2n) is 6.51. The van der Waals surface area contributed by atoms with Gasteiger partial charge in [-0.25, -0.2) is 4.98 Å². The Morgan fingerprint density at radius 3 is 2.71 bits per heavy atom. The lowest BCUT2D eigenvalue weighted by Gasteiger charge is -2.40. The predicted octanol–water partition coefficient (Wildman–Crippen LogP) is 2.62. The van der Waals surface area contributed by atoms with Gasteiger partial charge in [-0.1, -0.05) is 12.5 Å². The third-order valence-electron chi connectivity index (χ3n) is 4.97. The van der Waals surface area contributed by atoms with Crippen LogP contribution in [0.3, 0.4) is 0 Å². The van der Waals surface area contributed by atoms with Gasteiger partial charge in [0.25, 0.3) is 0 Å². The van der Waals surface area contributed by atoms with Crippen LogP contribution in [-0.2, 0) is 4.79 Å². The predicted molar refractivity (Wildman–Crippen MR) is 84.3 cm³/mol. The first-order chi connectivity index (χ1) is 10.1. The fraction of sp³-hybridized carbons (Fsp3) is 0.647. The van der Waals surface area contributed by atoms with Gasteiger partial charge in [0.2, 0.25) is 5.91 Å². The van der Waals surface area contributed by atoms with Gasteiger partial charge in [-0.05, 0) is 44.2 Å². The van der Waals surface area contributed by atoms with Crippen molar-refractivity contribution < 1.29 is 4.79 Å².